The number of ether oxygens (including phenoxy) is 2. The van der Waals surface area contributed by atoms with E-state index in [1.54, 1.807) is 18.2 Å². The lowest BCUT2D eigenvalue weighted by molar-refractivity contribution is -0.384. The summed E-state index contributed by atoms with van der Waals surface area (Å²) < 4.78 is 10.8. The molecule has 4 rings (SSSR count). The molecule has 2 heterocycles. The molecular weight excluding hydrogens is 406 g/mol. The normalized spacial score (nSPS) is 19.5. The average molecular weight is 427 g/mol. The molecule has 10 nitrogen and oxygen atoms in total. The predicted octanol–water partition coefficient (Wildman–Crippen LogP) is 2.25. The summed E-state index contributed by atoms with van der Waals surface area (Å²) in [5, 5.41) is 21.4. The van der Waals surface area contributed by atoms with Crippen LogP contribution >= 0.6 is 0 Å². The van der Waals surface area contributed by atoms with Gasteiger partial charge in [0.1, 0.15) is 5.92 Å². The highest BCUT2D eigenvalue weighted by Crippen LogP contribution is 2.46. The van der Waals surface area contributed by atoms with Gasteiger partial charge in [-0.1, -0.05) is 6.07 Å². The van der Waals surface area contributed by atoms with Crippen LogP contribution in [0.3, 0.4) is 0 Å². The highest BCUT2D eigenvalue weighted by molar-refractivity contribution is 6.00. The number of nitro benzene ring substituents is 1. The maximum absolute atomic E-state index is 13.4. The number of aliphatic carboxylic acids is 1. The van der Waals surface area contributed by atoms with Crippen LogP contribution in [0, 0.1) is 10.1 Å². The molecule has 31 heavy (non-hydrogen) atoms. The van der Waals surface area contributed by atoms with Crippen molar-refractivity contribution in [2.75, 3.05) is 34.0 Å². The van der Waals surface area contributed by atoms with Crippen LogP contribution in [0.5, 0.6) is 11.5 Å². The van der Waals surface area contributed by atoms with Crippen LogP contribution in [0.2, 0.25) is 0 Å². The van der Waals surface area contributed by atoms with Crippen LogP contribution in [0.4, 0.5) is 5.69 Å². The number of amides is 1. The van der Waals surface area contributed by atoms with Crippen molar-refractivity contribution in [2.24, 2.45) is 0 Å². The topological polar surface area (TPSA) is 122 Å². The third-order valence-electron chi connectivity index (χ3n) is 5.52. The number of carboxylic acids is 1. The SMILES string of the molecule is CN(C)CCN1C(=O)c2ccc([N+](=O)[O-])cc2C(C(=O)O)C1c1ccc2c(c1)OCO2. The molecule has 0 aliphatic carbocycles. The maximum atomic E-state index is 13.4. The molecule has 2 aromatic carbocycles. The summed E-state index contributed by atoms with van der Waals surface area (Å²) in [7, 11) is 3.71. The Kier molecular flexibility index (Phi) is 5.24. The lowest BCUT2D eigenvalue weighted by Gasteiger charge is -2.41. The first-order valence-electron chi connectivity index (χ1n) is 9.64. The van der Waals surface area contributed by atoms with Crippen molar-refractivity contribution < 1.29 is 29.1 Å². The van der Waals surface area contributed by atoms with Crippen LogP contribution < -0.4 is 9.47 Å². The van der Waals surface area contributed by atoms with Gasteiger partial charge in [0, 0.05) is 30.8 Å². The third kappa shape index (κ3) is 3.66. The molecule has 2 unspecified atom stereocenters. The fourth-order valence-electron chi connectivity index (χ4n) is 4.03. The number of hydrogen-bond donors (Lipinski definition) is 1. The molecule has 0 fully saturated rings. The van der Waals surface area contributed by atoms with E-state index in [4.69, 9.17) is 9.47 Å². The van der Waals surface area contributed by atoms with Gasteiger partial charge in [-0.05, 0) is 43.4 Å². The second-order valence-electron chi connectivity index (χ2n) is 7.70. The molecule has 10 heteroatoms. The number of nitrogens with zero attached hydrogens (tertiary/aromatic N) is 3. The van der Waals surface area contributed by atoms with E-state index in [0.29, 0.717) is 23.6 Å². The number of carbonyl (C=O) groups excluding carboxylic acids is 1. The fraction of sp³-hybridized carbons (Fsp3) is 0.333. The molecule has 0 radical (unpaired) electrons. The summed E-state index contributed by atoms with van der Waals surface area (Å²) in [6, 6.07) is 7.93. The number of rotatable bonds is 6. The van der Waals surface area contributed by atoms with Crippen LogP contribution in [-0.4, -0.2) is 65.7 Å². The molecule has 0 aromatic heterocycles. The molecule has 1 N–H and O–H groups in total. The highest BCUT2D eigenvalue weighted by atomic mass is 16.7. The minimum absolute atomic E-state index is 0.0596. The van der Waals surface area contributed by atoms with E-state index in [9.17, 15) is 24.8 Å². The van der Waals surface area contributed by atoms with Gasteiger partial charge in [0.2, 0.25) is 6.79 Å². The first kappa shape index (κ1) is 20.6. The van der Waals surface area contributed by atoms with Crippen LogP contribution in [0.25, 0.3) is 0 Å². The largest absolute Gasteiger partial charge is 0.481 e. The zero-order valence-electron chi connectivity index (χ0n) is 17.0. The van der Waals surface area contributed by atoms with E-state index in [1.165, 1.54) is 23.1 Å². The average Bonchev–Trinajstić information content (AvgIpc) is 3.19. The number of benzene rings is 2. The number of carbonyl (C=O) groups is 2. The van der Waals surface area contributed by atoms with Gasteiger partial charge in [0.25, 0.3) is 11.6 Å². The zero-order valence-corrected chi connectivity index (χ0v) is 17.0. The van der Waals surface area contributed by atoms with Gasteiger partial charge in [-0.2, -0.15) is 0 Å². The Labute approximate surface area is 177 Å². The summed E-state index contributed by atoms with van der Waals surface area (Å²) in [6.45, 7) is 0.858. The molecule has 1 amide bonds. The van der Waals surface area contributed by atoms with Gasteiger partial charge >= 0.3 is 5.97 Å². The van der Waals surface area contributed by atoms with Gasteiger partial charge in [-0.3, -0.25) is 19.7 Å². The van der Waals surface area contributed by atoms with Crippen molar-refractivity contribution in [1.29, 1.82) is 0 Å². The molecule has 2 aromatic rings. The Morgan fingerprint density at radius 3 is 2.65 bits per heavy atom. The molecule has 2 aliphatic heterocycles. The van der Waals surface area contributed by atoms with Crippen molar-refractivity contribution in [2.45, 2.75) is 12.0 Å². The zero-order chi connectivity index (χ0) is 22.3. The van der Waals surface area contributed by atoms with Gasteiger partial charge in [0.05, 0.1) is 11.0 Å². The Bertz CT molecular complexity index is 1070. The predicted molar refractivity (Wildman–Crippen MR) is 108 cm³/mol. The van der Waals surface area contributed by atoms with Crippen molar-refractivity contribution in [3.05, 3.63) is 63.2 Å². The minimum Gasteiger partial charge on any atom is -0.481 e. The first-order valence-corrected chi connectivity index (χ1v) is 9.64. The van der Waals surface area contributed by atoms with Crippen molar-refractivity contribution in [3.8, 4) is 11.5 Å². The monoisotopic (exact) mass is 427 g/mol. The Hall–Kier alpha value is -3.66. The highest BCUT2D eigenvalue weighted by Gasteiger charge is 2.45. The Morgan fingerprint density at radius 1 is 1.23 bits per heavy atom. The maximum Gasteiger partial charge on any atom is 0.313 e. The number of fused-ring (bicyclic) bond motifs is 2. The summed E-state index contributed by atoms with van der Waals surface area (Å²) in [5.41, 5.74) is 0.592. The Balaban J connectivity index is 1.89. The van der Waals surface area contributed by atoms with Gasteiger partial charge in [-0.25, -0.2) is 0 Å². The standard InChI is InChI=1S/C21H21N3O7/c1-22(2)7-8-23-19(12-3-6-16-17(9-12)31-11-30-16)18(21(26)27)15-10-13(24(28)29)4-5-14(15)20(23)25/h3-6,9-10,18-19H,7-8,11H2,1-2H3,(H,26,27). The number of nitro groups is 1. The number of non-ortho nitro benzene ring substituents is 1. The minimum atomic E-state index is -1.19. The smallest absolute Gasteiger partial charge is 0.313 e. The molecular formula is C21H21N3O7. The van der Waals surface area contributed by atoms with Crippen LogP contribution in [0.1, 0.15) is 33.4 Å². The first-order chi connectivity index (χ1) is 14.8. The molecule has 0 saturated carbocycles. The van der Waals surface area contributed by atoms with E-state index in [2.05, 4.69) is 0 Å². The lowest BCUT2D eigenvalue weighted by Crippen LogP contribution is -2.47. The van der Waals surface area contributed by atoms with E-state index in [1.807, 2.05) is 19.0 Å². The Morgan fingerprint density at radius 2 is 1.97 bits per heavy atom. The summed E-state index contributed by atoms with van der Waals surface area (Å²) in [6.07, 6.45) is 0. The molecule has 0 spiro atoms. The molecule has 0 bridgehead atoms. The molecule has 0 saturated heterocycles. The summed E-state index contributed by atoms with van der Waals surface area (Å²) in [4.78, 5) is 39.9. The van der Waals surface area contributed by atoms with Gasteiger partial charge in [-0.15, -0.1) is 0 Å². The fourth-order valence-corrected chi connectivity index (χ4v) is 4.03. The van der Waals surface area contributed by atoms with Crippen molar-refractivity contribution in [1.82, 2.24) is 9.80 Å². The van der Waals surface area contributed by atoms with E-state index < -0.39 is 22.9 Å². The van der Waals surface area contributed by atoms with Gasteiger partial charge in [0.15, 0.2) is 11.5 Å². The van der Waals surface area contributed by atoms with E-state index in [0.717, 1.165) is 0 Å². The quantitative estimate of drug-likeness (QED) is 0.550. The number of likely N-dealkylation sites (N-methyl/N-ethyl adjacent to an activating group) is 1. The van der Waals surface area contributed by atoms with E-state index in [-0.39, 0.29) is 36.1 Å². The number of carboxylic acid groups (broad SMARTS) is 1. The van der Waals surface area contributed by atoms with Crippen LogP contribution in [0.15, 0.2) is 36.4 Å². The second-order valence-corrected chi connectivity index (χ2v) is 7.70. The van der Waals surface area contributed by atoms with Gasteiger partial charge < -0.3 is 24.4 Å². The molecule has 2 aliphatic rings. The van der Waals surface area contributed by atoms with Crippen LogP contribution in [-0.2, 0) is 4.79 Å². The summed E-state index contributed by atoms with van der Waals surface area (Å²) in [5.74, 6) is -1.73. The van der Waals surface area contributed by atoms with E-state index >= 15 is 0 Å². The lowest BCUT2D eigenvalue weighted by atomic mass is 9.79. The van der Waals surface area contributed by atoms with Crippen molar-refractivity contribution >= 4 is 17.6 Å². The summed E-state index contributed by atoms with van der Waals surface area (Å²) >= 11 is 0. The number of hydrogen-bond acceptors (Lipinski definition) is 7. The molecule has 2 atom stereocenters. The molecule has 162 valence electrons. The second kappa shape index (κ2) is 7.88. The van der Waals surface area contributed by atoms with Crippen molar-refractivity contribution in [3.63, 3.8) is 0 Å². The third-order valence-corrected chi connectivity index (χ3v) is 5.52.